The molecular formula is C25H24ClF2N3O5. The van der Waals surface area contributed by atoms with Crippen LogP contribution in [0.1, 0.15) is 45.8 Å². The molecule has 1 saturated carbocycles. The summed E-state index contributed by atoms with van der Waals surface area (Å²) in [4.78, 5) is 40.9. The molecule has 4 atom stereocenters. The van der Waals surface area contributed by atoms with Crippen LogP contribution in [0.4, 0.5) is 8.78 Å². The lowest BCUT2D eigenvalue weighted by Crippen LogP contribution is -2.54. The van der Waals surface area contributed by atoms with Crippen molar-refractivity contribution in [1.82, 2.24) is 14.8 Å². The van der Waals surface area contributed by atoms with Gasteiger partial charge in [0.05, 0.1) is 18.7 Å². The summed E-state index contributed by atoms with van der Waals surface area (Å²) in [5.74, 6) is -3.62. The lowest BCUT2D eigenvalue weighted by molar-refractivity contribution is 0.0272. The van der Waals surface area contributed by atoms with Crippen molar-refractivity contribution in [3.05, 3.63) is 74.2 Å². The minimum Gasteiger partial charge on any atom is -0.503 e. The smallest absolute Gasteiger partial charge is 0.275 e. The molecule has 1 aromatic carbocycles. The van der Waals surface area contributed by atoms with Crippen molar-refractivity contribution in [2.75, 3.05) is 19.8 Å². The summed E-state index contributed by atoms with van der Waals surface area (Å²) in [5.41, 5.74) is -1.70. The maximum Gasteiger partial charge on any atom is 0.275 e. The van der Waals surface area contributed by atoms with Crippen molar-refractivity contribution in [1.29, 1.82) is 0 Å². The standard InChI is InChI=1S/C25H24ClF2N3O5/c1-2-36-11-17-20-14-8-12(14)4-3-7-30(20)25(35)21-23(33)22(32)15(10-31(17)21)24(34)29-9-13-5-6-16(27)18(26)19(13)28/h3-6,10,12,14,17,20,33H,2,7-9,11H2,1H3,(H,29,34)/t12?,14-,17+,20?/m1/s1. The molecule has 3 heterocycles. The molecule has 11 heteroatoms. The third-order valence-corrected chi connectivity index (χ3v) is 7.44. The number of hydrogen-bond donors (Lipinski definition) is 2. The third-order valence-electron chi connectivity index (χ3n) is 7.09. The van der Waals surface area contributed by atoms with Gasteiger partial charge in [0.1, 0.15) is 22.2 Å². The molecule has 1 fully saturated rings. The van der Waals surface area contributed by atoms with E-state index in [-0.39, 0.29) is 36.4 Å². The zero-order chi connectivity index (χ0) is 25.7. The van der Waals surface area contributed by atoms with Gasteiger partial charge in [-0.15, -0.1) is 0 Å². The van der Waals surface area contributed by atoms with E-state index >= 15 is 0 Å². The number of rotatable bonds is 6. The second-order valence-corrected chi connectivity index (χ2v) is 9.54. The van der Waals surface area contributed by atoms with E-state index < -0.39 is 51.3 Å². The number of nitrogens with one attached hydrogen (secondary N) is 1. The van der Waals surface area contributed by atoms with Crippen LogP contribution in [0.5, 0.6) is 5.75 Å². The van der Waals surface area contributed by atoms with Crippen LogP contribution in [0.3, 0.4) is 0 Å². The number of pyridine rings is 1. The Bertz CT molecular complexity index is 1340. The third kappa shape index (κ3) is 3.98. The van der Waals surface area contributed by atoms with E-state index in [4.69, 9.17) is 16.3 Å². The fraction of sp³-hybridized carbons (Fsp3) is 0.400. The summed E-state index contributed by atoms with van der Waals surface area (Å²) in [6, 6.07) is 1.43. The number of amides is 2. The van der Waals surface area contributed by atoms with Gasteiger partial charge in [0.15, 0.2) is 11.4 Å². The average molecular weight is 520 g/mol. The summed E-state index contributed by atoms with van der Waals surface area (Å²) >= 11 is 5.59. The average Bonchev–Trinajstić information content (AvgIpc) is 3.64. The maximum atomic E-state index is 14.2. The molecule has 8 nitrogen and oxygen atoms in total. The first-order valence-electron chi connectivity index (χ1n) is 11.7. The van der Waals surface area contributed by atoms with Crippen LogP contribution in [0.15, 0.2) is 35.3 Å². The first-order valence-corrected chi connectivity index (χ1v) is 12.1. The van der Waals surface area contributed by atoms with Crippen LogP contribution in [0, 0.1) is 23.5 Å². The molecule has 0 saturated heterocycles. The number of halogens is 3. The number of benzene rings is 1. The summed E-state index contributed by atoms with van der Waals surface area (Å²) in [7, 11) is 0. The van der Waals surface area contributed by atoms with Gasteiger partial charge in [0, 0.05) is 31.5 Å². The van der Waals surface area contributed by atoms with Crippen LogP contribution in [0.25, 0.3) is 0 Å². The van der Waals surface area contributed by atoms with E-state index in [9.17, 15) is 28.3 Å². The maximum absolute atomic E-state index is 14.2. The second-order valence-electron chi connectivity index (χ2n) is 9.16. The molecule has 36 heavy (non-hydrogen) atoms. The van der Waals surface area contributed by atoms with Crippen molar-refractivity contribution in [2.24, 2.45) is 11.8 Å². The van der Waals surface area contributed by atoms with Crippen LogP contribution >= 0.6 is 11.6 Å². The highest BCUT2D eigenvalue weighted by Crippen LogP contribution is 2.50. The van der Waals surface area contributed by atoms with Gasteiger partial charge in [-0.05, 0) is 31.2 Å². The molecule has 2 unspecified atom stereocenters. The number of allylic oxidation sites excluding steroid dienone is 1. The Labute approximate surface area is 210 Å². The largest absolute Gasteiger partial charge is 0.503 e. The van der Waals surface area contributed by atoms with Crippen LogP contribution in [0.2, 0.25) is 5.02 Å². The van der Waals surface area contributed by atoms with E-state index in [0.717, 1.165) is 18.6 Å². The fourth-order valence-corrected chi connectivity index (χ4v) is 5.39. The molecule has 1 aliphatic carbocycles. The van der Waals surface area contributed by atoms with Crippen molar-refractivity contribution >= 4 is 23.4 Å². The lowest BCUT2D eigenvalue weighted by Gasteiger charge is -2.43. The predicted molar refractivity (Wildman–Crippen MR) is 126 cm³/mol. The molecule has 0 spiro atoms. The Balaban J connectivity index is 1.51. The normalized spacial score (nSPS) is 24.0. The number of ether oxygens (including phenoxy) is 1. The predicted octanol–water partition coefficient (Wildman–Crippen LogP) is 3.02. The molecule has 2 aliphatic heterocycles. The Morgan fingerprint density at radius 3 is 2.83 bits per heavy atom. The van der Waals surface area contributed by atoms with E-state index in [0.29, 0.717) is 19.1 Å². The number of aromatic nitrogens is 1. The van der Waals surface area contributed by atoms with E-state index in [2.05, 4.69) is 11.4 Å². The molecule has 2 N–H and O–H groups in total. The highest BCUT2D eigenvalue weighted by molar-refractivity contribution is 6.30. The van der Waals surface area contributed by atoms with Crippen molar-refractivity contribution in [2.45, 2.75) is 32.0 Å². The van der Waals surface area contributed by atoms with Gasteiger partial charge in [-0.3, -0.25) is 14.4 Å². The summed E-state index contributed by atoms with van der Waals surface area (Å²) in [5, 5.41) is 12.5. The highest BCUT2D eigenvalue weighted by atomic mass is 35.5. The summed E-state index contributed by atoms with van der Waals surface area (Å²) in [6.07, 6.45) is 6.18. The number of hydrogen-bond acceptors (Lipinski definition) is 5. The molecular weight excluding hydrogens is 496 g/mol. The van der Waals surface area contributed by atoms with Gasteiger partial charge < -0.3 is 24.6 Å². The van der Waals surface area contributed by atoms with Crippen LogP contribution in [-0.2, 0) is 11.3 Å². The van der Waals surface area contributed by atoms with Crippen LogP contribution in [-0.4, -0.2) is 52.2 Å². The topological polar surface area (TPSA) is 101 Å². The van der Waals surface area contributed by atoms with Crippen LogP contribution < -0.4 is 10.7 Å². The van der Waals surface area contributed by atoms with Gasteiger partial charge >= 0.3 is 0 Å². The number of carbonyl (C=O) groups is 2. The summed E-state index contributed by atoms with van der Waals surface area (Å²) in [6.45, 7) is 2.44. The minimum absolute atomic E-state index is 0.0807. The summed E-state index contributed by atoms with van der Waals surface area (Å²) < 4.78 is 34.9. The number of aromatic hydroxyl groups is 1. The molecule has 190 valence electrons. The zero-order valence-electron chi connectivity index (χ0n) is 19.3. The molecule has 1 aromatic heterocycles. The van der Waals surface area contributed by atoms with Crippen molar-refractivity contribution < 1.29 is 28.2 Å². The molecule has 0 bridgehead atoms. The first kappa shape index (κ1) is 24.5. The minimum atomic E-state index is -1.02. The van der Waals surface area contributed by atoms with Gasteiger partial charge in [-0.2, -0.15) is 0 Å². The van der Waals surface area contributed by atoms with Gasteiger partial charge in [0.2, 0.25) is 5.43 Å². The van der Waals surface area contributed by atoms with Gasteiger partial charge in [-0.25, -0.2) is 8.78 Å². The fourth-order valence-electron chi connectivity index (χ4n) is 5.21. The quantitative estimate of drug-likeness (QED) is 0.451. The monoisotopic (exact) mass is 519 g/mol. The zero-order valence-corrected chi connectivity index (χ0v) is 20.1. The van der Waals surface area contributed by atoms with Gasteiger partial charge in [-0.1, -0.05) is 29.8 Å². The van der Waals surface area contributed by atoms with E-state index in [1.54, 1.807) is 4.90 Å². The first-order chi connectivity index (χ1) is 17.2. The molecule has 2 aromatic rings. The number of carbonyl (C=O) groups excluding carboxylic acids is 2. The molecule has 2 amide bonds. The van der Waals surface area contributed by atoms with E-state index in [1.807, 2.05) is 13.0 Å². The Hall–Kier alpha value is -3.24. The number of nitrogens with zero attached hydrogens (tertiary/aromatic N) is 2. The Kier molecular flexibility index (Phi) is 6.34. The molecule has 0 radical (unpaired) electrons. The van der Waals surface area contributed by atoms with Crippen molar-refractivity contribution in [3.63, 3.8) is 0 Å². The highest BCUT2D eigenvalue weighted by Gasteiger charge is 2.53. The SMILES string of the molecule is CCOC[C@H]1C2[C@@H]3CC3C=CCN2C(=O)c2c(O)c(=O)c(C(=O)NCc3ccc(F)c(Cl)c3F)cn21. The lowest BCUT2D eigenvalue weighted by atomic mass is 9.95. The molecule has 3 aliphatic rings. The van der Waals surface area contributed by atoms with Crippen molar-refractivity contribution in [3.8, 4) is 5.75 Å². The van der Waals surface area contributed by atoms with Gasteiger partial charge in [0.25, 0.3) is 11.8 Å². The Morgan fingerprint density at radius 1 is 1.31 bits per heavy atom. The Morgan fingerprint density at radius 2 is 2.08 bits per heavy atom. The second kappa shape index (κ2) is 9.33. The number of fused-ring (bicyclic) bond motifs is 4. The van der Waals surface area contributed by atoms with E-state index in [1.165, 1.54) is 10.8 Å². The molecule has 5 rings (SSSR count).